The lowest BCUT2D eigenvalue weighted by Gasteiger charge is -2.14. The fraction of sp³-hybridized carbons (Fsp3) is 0.214. The SMILES string of the molecule is CC(C)c1ccccc1-c1ccc(N)nc1N. The molecule has 0 amide bonds. The zero-order chi connectivity index (χ0) is 12.4. The van der Waals surface area contributed by atoms with Crippen LogP contribution < -0.4 is 11.5 Å². The normalized spacial score (nSPS) is 10.8. The van der Waals surface area contributed by atoms with E-state index in [-0.39, 0.29) is 0 Å². The van der Waals surface area contributed by atoms with E-state index in [2.05, 4.69) is 31.0 Å². The van der Waals surface area contributed by atoms with Crippen LogP contribution in [-0.4, -0.2) is 4.98 Å². The summed E-state index contributed by atoms with van der Waals surface area (Å²) >= 11 is 0. The maximum Gasteiger partial charge on any atom is 0.133 e. The summed E-state index contributed by atoms with van der Waals surface area (Å²) in [5.41, 5.74) is 14.9. The second-order valence-electron chi connectivity index (χ2n) is 4.41. The highest BCUT2D eigenvalue weighted by Crippen LogP contribution is 2.32. The van der Waals surface area contributed by atoms with Crippen LogP contribution in [0.2, 0.25) is 0 Å². The van der Waals surface area contributed by atoms with Gasteiger partial charge in [0, 0.05) is 5.56 Å². The predicted molar refractivity (Wildman–Crippen MR) is 72.6 cm³/mol. The van der Waals surface area contributed by atoms with Crippen LogP contribution in [0.5, 0.6) is 0 Å². The molecule has 0 saturated carbocycles. The molecule has 0 aliphatic carbocycles. The fourth-order valence-electron chi connectivity index (χ4n) is 1.96. The highest BCUT2D eigenvalue weighted by atomic mass is 14.9. The highest BCUT2D eigenvalue weighted by molar-refractivity contribution is 5.77. The third-order valence-corrected chi connectivity index (χ3v) is 2.82. The smallest absolute Gasteiger partial charge is 0.133 e. The molecular weight excluding hydrogens is 210 g/mol. The Kier molecular flexibility index (Phi) is 3.00. The van der Waals surface area contributed by atoms with Crippen molar-refractivity contribution in [1.82, 2.24) is 4.98 Å². The van der Waals surface area contributed by atoms with Gasteiger partial charge in [0.05, 0.1) is 0 Å². The number of hydrogen-bond donors (Lipinski definition) is 2. The van der Waals surface area contributed by atoms with Crippen molar-refractivity contribution in [3.8, 4) is 11.1 Å². The van der Waals surface area contributed by atoms with E-state index in [4.69, 9.17) is 11.5 Å². The van der Waals surface area contributed by atoms with Crippen molar-refractivity contribution in [2.24, 2.45) is 0 Å². The summed E-state index contributed by atoms with van der Waals surface area (Å²) in [6, 6.07) is 12.0. The first-order valence-electron chi connectivity index (χ1n) is 5.71. The number of nitrogens with zero attached hydrogens (tertiary/aromatic N) is 1. The summed E-state index contributed by atoms with van der Waals surface area (Å²) in [6.45, 7) is 4.33. The van der Waals surface area contributed by atoms with Crippen molar-refractivity contribution >= 4 is 11.6 Å². The monoisotopic (exact) mass is 227 g/mol. The number of pyridine rings is 1. The lowest BCUT2D eigenvalue weighted by atomic mass is 9.93. The Hall–Kier alpha value is -2.03. The Balaban J connectivity index is 2.60. The molecule has 3 nitrogen and oxygen atoms in total. The second-order valence-corrected chi connectivity index (χ2v) is 4.41. The number of aromatic nitrogens is 1. The van der Waals surface area contributed by atoms with E-state index < -0.39 is 0 Å². The fourth-order valence-corrected chi connectivity index (χ4v) is 1.96. The van der Waals surface area contributed by atoms with Crippen molar-refractivity contribution < 1.29 is 0 Å². The average molecular weight is 227 g/mol. The molecule has 3 heteroatoms. The summed E-state index contributed by atoms with van der Waals surface area (Å²) in [7, 11) is 0. The largest absolute Gasteiger partial charge is 0.384 e. The molecule has 1 heterocycles. The van der Waals surface area contributed by atoms with Crippen molar-refractivity contribution in [2.45, 2.75) is 19.8 Å². The van der Waals surface area contributed by atoms with E-state index in [1.54, 1.807) is 6.07 Å². The van der Waals surface area contributed by atoms with Gasteiger partial charge in [-0.05, 0) is 29.2 Å². The van der Waals surface area contributed by atoms with Gasteiger partial charge in [-0.2, -0.15) is 0 Å². The quantitative estimate of drug-likeness (QED) is 0.828. The summed E-state index contributed by atoms with van der Waals surface area (Å²) < 4.78 is 0. The predicted octanol–water partition coefficient (Wildman–Crippen LogP) is 3.04. The summed E-state index contributed by atoms with van der Waals surface area (Å²) in [6.07, 6.45) is 0. The van der Waals surface area contributed by atoms with Crippen LogP contribution in [0.4, 0.5) is 11.6 Å². The maximum absolute atomic E-state index is 5.93. The topological polar surface area (TPSA) is 64.9 Å². The van der Waals surface area contributed by atoms with Crippen LogP contribution in [0, 0.1) is 0 Å². The molecule has 1 aromatic carbocycles. The van der Waals surface area contributed by atoms with Crippen LogP contribution in [0.15, 0.2) is 36.4 Å². The van der Waals surface area contributed by atoms with Crippen LogP contribution in [0.1, 0.15) is 25.3 Å². The highest BCUT2D eigenvalue weighted by Gasteiger charge is 2.10. The van der Waals surface area contributed by atoms with Gasteiger partial charge in [-0.1, -0.05) is 38.1 Å². The minimum Gasteiger partial charge on any atom is -0.384 e. The molecule has 0 saturated heterocycles. The van der Waals surface area contributed by atoms with Crippen molar-refractivity contribution in [2.75, 3.05) is 11.5 Å². The Bertz CT molecular complexity index is 533. The zero-order valence-corrected chi connectivity index (χ0v) is 10.1. The maximum atomic E-state index is 5.93. The molecule has 0 unspecified atom stereocenters. The van der Waals surface area contributed by atoms with Gasteiger partial charge in [-0.15, -0.1) is 0 Å². The molecule has 2 aromatic rings. The van der Waals surface area contributed by atoms with Crippen LogP contribution >= 0.6 is 0 Å². The number of hydrogen-bond acceptors (Lipinski definition) is 3. The first-order chi connectivity index (χ1) is 8.09. The zero-order valence-electron chi connectivity index (χ0n) is 10.1. The molecule has 0 spiro atoms. The van der Waals surface area contributed by atoms with E-state index >= 15 is 0 Å². The van der Waals surface area contributed by atoms with E-state index in [9.17, 15) is 0 Å². The van der Waals surface area contributed by atoms with E-state index in [1.807, 2.05) is 18.2 Å². The molecule has 4 N–H and O–H groups in total. The first kappa shape index (κ1) is 11.5. The molecule has 1 aromatic heterocycles. The van der Waals surface area contributed by atoms with E-state index in [1.165, 1.54) is 5.56 Å². The molecule has 0 bridgehead atoms. The third-order valence-electron chi connectivity index (χ3n) is 2.82. The Morgan fingerprint density at radius 2 is 1.65 bits per heavy atom. The minimum atomic E-state index is 0.447. The lowest BCUT2D eigenvalue weighted by molar-refractivity contribution is 0.869. The third kappa shape index (κ3) is 2.23. The number of nitrogens with two attached hydrogens (primary N) is 2. The molecule has 0 atom stereocenters. The number of benzene rings is 1. The van der Waals surface area contributed by atoms with Gasteiger partial charge >= 0.3 is 0 Å². The lowest BCUT2D eigenvalue weighted by Crippen LogP contribution is -2.00. The Labute approximate surface area is 101 Å². The van der Waals surface area contributed by atoms with Gasteiger partial charge in [0.15, 0.2) is 0 Å². The van der Waals surface area contributed by atoms with Gasteiger partial charge in [0.25, 0.3) is 0 Å². The van der Waals surface area contributed by atoms with Gasteiger partial charge in [-0.3, -0.25) is 0 Å². The first-order valence-corrected chi connectivity index (χ1v) is 5.71. The van der Waals surface area contributed by atoms with Gasteiger partial charge in [-0.25, -0.2) is 4.98 Å². The minimum absolute atomic E-state index is 0.447. The van der Waals surface area contributed by atoms with Crippen molar-refractivity contribution in [3.63, 3.8) is 0 Å². The average Bonchev–Trinajstić information content (AvgIpc) is 2.29. The molecule has 17 heavy (non-hydrogen) atoms. The van der Waals surface area contributed by atoms with Crippen molar-refractivity contribution in [3.05, 3.63) is 42.0 Å². The van der Waals surface area contributed by atoms with Crippen molar-refractivity contribution in [1.29, 1.82) is 0 Å². The molecule has 88 valence electrons. The molecule has 2 rings (SSSR count). The standard InChI is InChI=1S/C14H17N3/c1-9(2)10-5-3-4-6-11(10)12-7-8-13(15)17-14(12)16/h3-9H,1-2H3,(H4,15,16,17). The number of anilines is 2. The van der Waals surface area contributed by atoms with Gasteiger partial charge in [0.1, 0.15) is 11.6 Å². The molecule has 0 aliphatic rings. The molecule has 0 aliphatic heterocycles. The van der Waals surface area contributed by atoms with Crippen LogP contribution in [0.25, 0.3) is 11.1 Å². The van der Waals surface area contributed by atoms with Gasteiger partial charge < -0.3 is 11.5 Å². The molecule has 0 radical (unpaired) electrons. The van der Waals surface area contributed by atoms with E-state index in [0.29, 0.717) is 17.6 Å². The van der Waals surface area contributed by atoms with Gasteiger partial charge in [0.2, 0.25) is 0 Å². The Morgan fingerprint density at radius 3 is 2.29 bits per heavy atom. The second kappa shape index (κ2) is 4.45. The summed E-state index contributed by atoms with van der Waals surface area (Å²) in [5.74, 6) is 1.38. The number of nitrogen functional groups attached to an aromatic ring is 2. The Morgan fingerprint density at radius 1 is 0.941 bits per heavy atom. The summed E-state index contributed by atoms with van der Waals surface area (Å²) in [5, 5.41) is 0. The summed E-state index contributed by atoms with van der Waals surface area (Å²) in [4.78, 5) is 4.11. The van der Waals surface area contributed by atoms with Crippen LogP contribution in [-0.2, 0) is 0 Å². The molecular formula is C14H17N3. The number of rotatable bonds is 2. The van der Waals surface area contributed by atoms with E-state index in [0.717, 1.165) is 11.1 Å². The molecule has 0 fully saturated rings. The van der Waals surface area contributed by atoms with Crippen LogP contribution in [0.3, 0.4) is 0 Å².